The fourth-order valence-electron chi connectivity index (χ4n) is 3.41. The highest BCUT2D eigenvalue weighted by Crippen LogP contribution is 2.15. The quantitative estimate of drug-likeness (QED) is 0.765. The average molecular weight is 340 g/mol. The molecule has 8 heteroatoms. The highest BCUT2D eigenvalue weighted by molar-refractivity contribution is 5.71. The second-order valence-electron chi connectivity index (χ2n) is 6.38. The smallest absolute Gasteiger partial charge is 0.315 e. The molecule has 0 spiro atoms. The molecule has 3 aromatic heterocycles. The molecule has 0 unspecified atom stereocenters. The molecule has 1 N–H and O–H groups in total. The predicted octanol–water partition coefficient (Wildman–Crippen LogP) is 1.04. The summed E-state index contributed by atoms with van der Waals surface area (Å²) in [7, 11) is 0. The highest BCUT2D eigenvalue weighted by Gasteiger charge is 2.15. The van der Waals surface area contributed by atoms with Gasteiger partial charge in [0.05, 0.1) is 5.52 Å². The lowest BCUT2D eigenvalue weighted by Crippen LogP contribution is -2.35. The Balaban J connectivity index is 1.53. The topological polar surface area (TPSA) is 98.5 Å². The molecule has 0 saturated heterocycles. The van der Waals surface area contributed by atoms with Gasteiger partial charge in [0, 0.05) is 32.1 Å². The minimum atomic E-state index is -0.398. The van der Waals surface area contributed by atoms with E-state index in [0.717, 1.165) is 37.5 Å². The Morgan fingerprint density at radius 3 is 3.00 bits per heavy atom. The number of aromatic amines is 1. The number of hydrogen-bond acceptors (Lipinski definition) is 5. The Labute approximate surface area is 143 Å². The van der Waals surface area contributed by atoms with Gasteiger partial charge in [0.2, 0.25) is 0 Å². The number of hydrogen-bond donors (Lipinski definition) is 1. The van der Waals surface area contributed by atoms with Crippen molar-refractivity contribution in [2.24, 2.45) is 0 Å². The lowest BCUT2D eigenvalue weighted by atomic mass is 10.2. The summed E-state index contributed by atoms with van der Waals surface area (Å²) in [6.45, 7) is 1.29. The van der Waals surface area contributed by atoms with Gasteiger partial charge in [0.1, 0.15) is 11.6 Å². The largest absolute Gasteiger partial charge is 0.328 e. The molecular formula is C17H20N6O2. The number of H-pyrrole nitrogens is 1. The van der Waals surface area contributed by atoms with Crippen molar-refractivity contribution >= 4 is 11.0 Å². The van der Waals surface area contributed by atoms with Crippen LogP contribution in [0.1, 0.15) is 37.3 Å². The van der Waals surface area contributed by atoms with Gasteiger partial charge >= 0.3 is 5.69 Å². The molecule has 1 aliphatic heterocycles. The summed E-state index contributed by atoms with van der Waals surface area (Å²) in [6, 6.07) is 3.38. The number of pyridine rings is 1. The Morgan fingerprint density at radius 1 is 1.16 bits per heavy atom. The van der Waals surface area contributed by atoms with Gasteiger partial charge < -0.3 is 9.55 Å². The van der Waals surface area contributed by atoms with Gasteiger partial charge in [0.15, 0.2) is 5.52 Å². The molecule has 0 bridgehead atoms. The summed E-state index contributed by atoms with van der Waals surface area (Å²) < 4.78 is 3.41. The van der Waals surface area contributed by atoms with E-state index in [0.29, 0.717) is 30.4 Å². The van der Waals surface area contributed by atoms with Gasteiger partial charge in [-0.25, -0.2) is 9.78 Å². The number of nitrogens with one attached hydrogen (secondary N) is 1. The van der Waals surface area contributed by atoms with Gasteiger partial charge in [-0.05, 0) is 31.4 Å². The molecule has 0 aromatic carbocycles. The van der Waals surface area contributed by atoms with Crippen LogP contribution >= 0.6 is 0 Å². The Morgan fingerprint density at radius 2 is 2.08 bits per heavy atom. The van der Waals surface area contributed by atoms with E-state index in [4.69, 9.17) is 0 Å². The molecule has 0 aliphatic carbocycles. The highest BCUT2D eigenvalue weighted by atomic mass is 16.2. The molecule has 8 nitrogen and oxygen atoms in total. The average Bonchev–Trinajstić information content (AvgIpc) is 2.84. The standard InChI is InChI=1S/C17H20N6O2/c24-16-15-12(6-4-9-18-15)19-17(25)23(16)11-5-8-14-21-20-13-7-2-1-3-10-22(13)14/h4,6,9H,1-3,5,7-8,10-11H2,(H,19,25). The normalized spacial score (nSPS) is 14.4. The van der Waals surface area contributed by atoms with E-state index in [-0.39, 0.29) is 5.56 Å². The van der Waals surface area contributed by atoms with Gasteiger partial charge in [-0.2, -0.15) is 0 Å². The fourth-order valence-corrected chi connectivity index (χ4v) is 3.41. The maximum absolute atomic E-state index is 12.5. The second kappa shape index (κ2) is 6.62. The first-order chi connectivity index (χ1) is 12.2. The minimum absolute atomic E-state index is 0.290. The summed E-state index contributed by atoms with van der Waals surface area (Å²) in [5, 5.41) is 8.58. The summed E-state index contributed by atoms with van der Waals surface area (Å²) in [6.07, 6.45) is 7.40. The molecular weight excluding hydrogens is 320 g/mol. The zero-order chi connectivity index (χ0) is 17.2. The van der Waals surface area contributed by atoms with Crippen LogP contribution in [0.25, 0.3) is 11.0 Å². The second-order valence-corrected chi connectivity index (χ2v) is 6.38. The zero-order valence-corrected chi connectivity index (χ0v) is 13.9. The third-order valence-electron chi connectivity index (χ3n) is 4.71. The zero-order valence-electron chi connectivity index (χ0n) is 13.9. The number of aromatic nitrogens is 6. The summed E-state index contributed by atoms with van der Waals surface area (Å²) >= 11 is 0. The van der Waals surface area contributed by atoms with Crippen LogP contribution in [0.15, 0.2) is 27.9 Å². The molecule has 4 rings (SSSR count). The number of aryl methyl sites for hydroxylation is 2. The first-order valence-corrected chi connectivity index (χ1v) is 8.73. The molecule has 0 amide bonds. The molecule has 0 saturated carbocycles. The van der Waals surface area contributed by atoms with Crippen LogP contribution in [-0.4, -0.2) is 29.3 Å². The Kier molecular flexibility index (Phi) is 4.17. The van der Waals surface area contributed by atoms with Crippen LogP contribution in [0.2, 0.25) is 0 Å². The summed E-state index contributed by atoms with van der Waals surface area (Å²) in [5.74, 6) is 2.00. The molecule has 4 heterocycles. The monoisotopic (exact) mass is 340 g/mol. The predicted molar refractivity (Wildman–Crippen MR) is 92.5 cm³/mol. The van der Waals surface area contributed by atoms with Crippen LogP contribution in [-0.2, 0) is 25.9 Å². The Bertz CT molecular complexity index is 1020. The van der Waals surface area contributed by atoms with Gasteiger partial charge in [0.25, 0.3) is 5.56 Å². The fraction of sp³-hybridized carbons (Fsp3) is 0.471. The lowest BCUT2D eigenvalue weighted by molar-refractivity contribution is 0.556. The molecule has 130 valence electrons. The van der Waals surface area contributed by atoms with Crippen molar-refractivity contribution in [2.75, 3.05) is 0 Å². The number of nitrogens with zero attached hydrogens (tertiary/aromatic N) is 5. The lowest BCUT2D eigenvalue weighted by Gasteiger charge is -2.08. The first kappa shape index (κ1) is 15.7. The third kappa shape index (κ3) is 2.99. The molecule has 0 atom stereocenters. The van der Waals surface area contributed by atoms with Crippen molar-refractivity contribution in [2.45, 2.75) is 51.6 Å². The molecule has 0 fully saturated rings. The molecule has 25 heavy (non-hydrogen) atoms. The van der Waals surface area contributed by atoms with E-state index in [1.807, 2.05) is 0 Å². The van der Waals surface area contributed by atoms with Crippen molar-refractivity contribution < 1.29 is 0 Å². The van der Waals surface area contributed by atoms with Crippen LogP contribution in [0, 0.1) is 0 Å². The third-order valence-corrected chi connectivity index (χ3v) is 4.71. The maximum atomic E-state index is 12.5. The summed E-state index contributed by atoms with van der Waals surface area (Å²) in [5.41, 5.74) is 0.0139. The van der Waals surface area contributed by atoms with Crippen molar-refractivity contribution in [3.05, 3.63) is 50.8 Å². The summed E-state index contributed by atoms with van der Waals surface area (Å²) in [4.78, 5) is 31.4. The number of fused-ring (bicyclic) bond motifs is 2. The van der Waals surface area contributed by atoms with Crippen molar-refractivity contribution in [3.63, 3.8) is 0 Å². The van der Waals surface area contributed by atoms with E-state index in [2.05, 4.69) is 24.7 Å². The van der Waals surface area contributed by atoms with E-state index in [1.165, 1.54) is 11.0 Å². The van der Waals surface area contributed by atoms with Crippen LogP contribution in [0.5, 0.6) is 0 Å². The maximum Gasteiger partial charge on any atom is 0.328 e. The van der Waals surface area contributed by atoms with Gasteiger partial charge in [-0.3, -0.25) is 9.36 Å². The first-order valence-electron chi connectivity index (χ1n) is 8.73. The van der Waals surface area contributed by atoms with Gasteiger partial charge in [-0.15, -0.1) is 10.2 Å². The van der Waals surface area contributed by atoms with E-state index >= 15 is 0 Å². The van der Waals surface area contributed by atoms with Crippen LogP contribution in [0.4, 0.5) is 0 Å². The van der Waals surface area contributed by atoms with E-state index < -0.39 is 5.69 Å². The minimum Gasteiger partial charge on any atom is -0.315 e. The molecule has 3 aromatic rings. The molecule has 0 radical (unpaired) electrons. The SMILES string of the molecule is O=c1[nH]c2cccnc2c(=O)n1CCCc1nnc2n1CCCCC2. The number of rotatable bonds is 4. The van der Waals surface area contributed by atoms with Crippen LogP contribution < -0.4 is 11.2 Å². The van der Waals surface area contributed by atoms with Gasteiger partial charge in [-0.1, -0.05) is 6.42 Å². The van der Waals surface area contributed by atoms with Crippen molar-refractivity contribution in [3.8, 4) is 0 Å². The Hall–Kier alpha value is -2.77. The van der Waals surface area contributed by atoms with Crippen molar-refractivity contribution in [1.29, 1.82) is 0 Å². The molecule has 1 aliphatic rings. The van der Waals surface area contributed by atoms with Crippen LogP contribution in [0.3, 0.4) is 0 Å². The van der Waals surface area contributed by atoms with E-state index in [9.17, 15) is 9.59 Å². The van der Waals surface area contributed by atoms with Crippen molar-refractivity contribution in [1.82, 2.24) is 29.3 Å². The van der Waals surface area contributed by atoms with E-state index in [1.54, 1.807) is 18.3 Å².